The number of methoxy groups -OCH3 is 1. The number of benzene rings is 2. The minimum Gasteiger partial charge on any atom is -0.496 e. The first-order valence-corrected chi connectivity index (χ1v) is 11.3. The number of aromatic nitrogens is 1. The fraction of sp³-hybridized carbons (Fsp3) is 0.346. The van der Waals surface area contributed by atoms with Gasteiger partial charge in [0.2, 0.25) is 11.8 Å². The molecule has 1 saturated heterocycles. The third kappa shape index (κ3) is 5.61. The number of nitrogens with one attached hydrogen (secondary N) is 1. The average Bonchev–Trinajstić information content (AvgIpc) is 3.34. The molecule has 0 saturated carbocycles. The van der Waals surface area contributed by atoms with Gasteiger partial charge in [0, 0.05) is 25.2 Å². The lowest BCUT2D eigenvalue weighted by Crippen LogP contribution is -2.35. The number of aryl methyl sites for hydroxylation is 1. The maximum absolute atomic E-state index is 12.6. The summed E-state index contributed by atoms with van der Waals surface area (Å²) in [5, 5.41) is 2.95. The van der Waals surface area contributed by atoms with E-state index in [-0.39, 0.29) is 11.8 Å². The molecule has 7 nitrogen and oxygen atoms in total. The Morgan fingerprint density at radius 2 is 1.79 bits per heavy atom. The van der Waals surface area contributed by atoms with Crippen LogP contribution in [0.3, 0.4) is 0 Å². The quantitative estimate of drug-likeness (QED) is 0.588. The highest BCUT2D eigenvalue weighted by Gasteiger charge is 2.21. The van der Waals surface area contributed by atoms with Gasteiger partial charge in [-0.3, -0.25) is 9.59 Å². The molecule has 1 aromatic heterocycles. The van der Waals surface area contributed by atoms with E-state index in [0.29, 0.717) is 24.6 Å². The molecule has 7 heteroatoms. The molecule has 33 heavy (non-hydrogen) atoms. The number of hydrogen-bond donors (Lipinski definition) is 1. The predicted octanol–water partition coefficient (Wildman–Crippen LogP) is 4.14. The van der Waals surface area contributed by atoms with E-state index < -0.39 is 0 Å². The minimum atomic E-state index is -0.0731. The van der Waals surface area contributed by atoms with Crippen LogP contribution in [-0.2, 0) is 17.8 Å². The Kier molecular flexibility index (Phi) is 7.07. The summed E-state index contributed by atoms with van der Waals surface area (Å²) in [6, 6.07) is 13.4. The molecular formula is C26H29N3O4. The highest BCUT2D eigenvalue weighted by atomic mass is 16.5. The maximum Gasteiger partial charge on any atom is 0.275 e. The van der Waals surface area contributed by atoms with Crippen LogP contribution in [0.4, 0.5) is 0 Å². The third-order valence-corrected chi connectivity index (χ3v) is 5.88. The number of oxazole rings is 1. The SMILES string of the molecule is COc1ccc(CC(=O)NCc2ccc(-c3nc(C(=O)N4CCCCC4)co3)cc2)cc1C. The topological polar surface area (TPSA) is 84.7 Å². The summed E-state index contributed by atoms with van der Waals surface area (Å²) in [4.78, 5) is 31.1. The van der Waals surface area contributed by atoms with Gasteiger partial charge >= 0.3 is 0 Å². The van der Waals surface area contributed by atoms with Crippen molar-refractivity contribution in [3.63, 3.8) is 0 Å². The van der Waals surface area contributed by atoms with E-state index in [1.54, 1.807) is 7.11 Å². The predicted molar refractivity (Wildman–Crippen MR) is 125 cm³/mol. The van der Waals surface area contributed by atoms with Gasteiger partial charge in [-0.1, -0.05) is 24.3 Å². The molecule has 1 aliphatic rings. The smallest absolute Gasteiger partial charge is 0.275 e. The van der Waals surface area contributed by atoms with Gasteiger partial charge in [-0.25, -0.2) is 4.98 Å². The van der Waals surface area contributed by atoms with Gasteiger partial charge in [0.1, 0.15) is 12.0 Å². The standard InChI is InChI=1S/C26H29N3O4/c1-18-14-20(8-11-23(18)32-2)15-24(30)27-16-19-6-9-21(10-7-19)25-28-22(17-33-25)26(31)29-12-4-3-5-13-29/h6-11,14,17H,3-5,12-13,15-16H2,1-2H3,(H,27,30). The van der Waals surface area contributed by atoms with Crippen LogP contribution in [-0.4, -0.2) is 41.9 Å². The molecule has 4 rings (SSSR count). The highest BCUT2D eigenvalue weighted by Crippen LogP contribution is 2.21. The van der Waals surface area contributed by atoms with Crippen molar-refractivity contribution in [3.8, 4) is 17.2 Å². The Morgan fingerprint density at radius 1 is 1.06 bits per heavy atom. The van der Waals surface area contributed by atoms with Crippen molar-refractivity contribution in [2.24, 2.45) is 0 Å². The van der Waals surface area contributed by atoms with E-state index in [9.17, 15) is 9.59 Å². The monoisotopic (exact) mass is 447 g/mol. The van der Waals surface area contributed by atoms with Crippen LogP contribution < -0.4 is 10.1 Å². The van der Waals surface area contributed by atoms with Crippen LogP contribution in [0, 0.1) is 6.92 Å². The zero-order chi connectivity index (χ0) is 23.2. The number of hydrogen-bond acceptors (Lipinski definition) is 5. The van der Waals surface area contributed by atoms with Gasteiger partial charge in [0.15, 0.2) is 5.69 Å². The minimum absolute atomic E-state index is 0.0442. The molecule has 1 N–H and O–H groups in total. The Morgan fingerprint density at radius 3 is 2.48 bits per heavy atom. The molecule has 2 amide bonds. The number of carbonyl (C=O) groups is 2. The summed E-state index contributed by atoms with van der Waals surface area (Å²) in [7, 11) is 1.63. The molecule has 0 spiro atoms. The van der Waals surface area contributed by atoms with Gasteiger partial charge in [-0.2, -0.15) is 0 Å². The number of piperidine rings is 1. The fourth-order valence-electron chi connectivity index (χ4n) is 4.03. The van der Waals surface area contributed by atoms with Crippen LogP contribution in [0.5, 0.6) is 5.75 Å². The summed E-state index contributed by atoms with van der Waals surface area (Å²) in [6.45, 7) is 3.94. The van der Waals surface area contributed by atoms with Crippen molar-refractivity contribution < 1.29 is 18.7 Å². The number of amides is 2. The lowest BCUT2D eigenvalue weighted by molar-refractivity contribution is -0.120. The molecule has 2 heterocycles. The second-order valence-corrected chi connectivity index (χ2v) is 8.35. The van der Waals surface area contributed by atoms with E-state index in [0.717, 1.165) is 53.9 Å². The fourth-order valence-corrected chi connectivity index (χ4v) is 4.03. The van der Waals surface area contributed by atoms with E-state index in [1.807, 2.05) is 54.3 Å². The highest BCUT2D eigenvalue weighted by molar-refractivity contribution is 5.92. The first-order chi connectivity index (χ1) is 16.0. The number of ether oxygens (including phenoxy) is 1. The zero-order valence-electron chi connectivity index (χ0n) is 19.1. The Balaban J connectivity index is 1.31. The van der Waals surface area contributed by atoms with Crippen molar-refractivity contribution in [2.45, 2.75) is 39.2 Å². The number of nitrogens with zero attached hydrogens (tertiary/aromatic N) is 2. The van der Waals surface area contributed by atoms with Crippen LogP contribution in [0.15, 0.2) is 53.1 Å². The van der Waals surface area contributed by atoms with Gasteiger partial charge in [-0.05, 0) is 61.1 Å². The Bertz CT molecular complexity index is 1110. The average molecular weight is 448 g/mol. The Hall–Kier alpha value is -3.61. The molecule has 0 bridgehead atoms. The molecule has 0 atom stereocenters. The first-order valence-electron chi connectivity index (χ1n) is 11.3. The lowest BCUT2D eigenvalue weighted by Gasteiger charge is -2.25. The third-order valence-electron chi connectivity index (χ3n) is 5.88. The Labute approximate surface area is 193 Å². The van der Waals surface area contributed by atoms with E-state index in [4.69, 9.17) is 9.15 Å². The van der Waals surface area contributed by atoms with Crippen molar-refractivity contribution in [1.29, 1.82) is 0 Å². The molecule has 0 radical (unpaired) electrons. The lowest BCUT2D eigenvalue weighted by atomic mass is 10.1. The zero-order valence-corrected chi connectivity index (χ0v) is 19.1. The van der Waals surface area contributed by atoms with Gasteiger partial charge in [0.25, 0.3) is 5.91 Å². The molecular weight excluding hydrogens is 418 g/mol. The van der Waals surface area contributed by atoms with Crippen LogP contribution >= 0.6 is 0 Å². The number of carbonyl (C=O) groups excluding carboxylic acids is 2. The van der Waals surface area contributed by atoms with Crippen molar-refractivity contribution >= 4 is 11.8 Å². The molecule has 1 aliphatic heterocycles. The van der Waals surface area contributed by atoms with Crippen LogP contribution in [0.2, 0.25) is 0 Å². The number of rotatable bonds is 7. The first kappa shape index (κ1) is 22.6. The van der Waals surface area contributed by atoms with Crippen molar-refractivity contribution in [3.05, 3.63) is 71.1 Å². The van der Waals surface area contributed by atoms with Crippen LogP contribution in [0.25, 0.3) is 11.5 Å². The molecule has 0 aliphatic carbocycles. The molecule has 1 fully saturated rings. The molecule has 3 aromatic rings. The van der Waals surface area contributed by atoms with Gasteiger partial charge in [0.05, 0.1) is 13.5 Å². The number of likely N-dealkylation sites (tertiary alicyclic amines) is 1. The summed E-state index contributed by atoms with van der Waals surface area (Å²) in [5.74, 6) is 1.11. The molecule has 0 unspecified atom stereocenters. The molecule has 2 aromatic carbocycles. The summed E-state index contributed by atoms with van der Waals surface area (Å²) in [6.07, 6.45) is 4.98. The van der Waals surface area contributed by atoms with Crippen molar-refractivity contribution in [1.82, 2.24) is 15.2 Å². The van der Waals surface area contributed by atoms with Gasteiger partial charge < -0.3 is 19.4 Å². The van der Waals surface area contributed by atoms with E-state index in [1.165, 1.54) is 12.7 Å². The normalized spacial score (nSPS) is 13.6. The maximum atomic E-state index is 12.6. The van der Waals surface area contributed by atoms with Gasteiger partial charge in [-0.15, -0.1) is 0 Å². The molecule has 172 valence electrons. The van der Waals surface area contributed by atoms with Crippen molar-refractivity contribution in [2.75, 3.05) is 20.2 Å². The summed E-state index contributed by atoms with van der Waals surface area (Å²) >= 11 is 0. The van der Waals surface area contributed by atoms with E-state index >= 15 is 0 Å². The second kappa shape index (κ2) is 10.3. The van der Waals surface area contributed by atoms with E-state index in [2.05, 4.69) is 10.3 Å². The van der Waals surface area contributed by atoms with Crippen LogP contribution in [0.1, 0.15) is 46.4 Å². The summed E-state index contributed by atoms with van der Waals surface area (Å²) in [5.41, 5.74) is 4.05. The summed E-state index contributed by atoms with van der Waals surface area (Å²) < 4.78 is 10.8. The second-order valence-electron chi connectivity index (χ2n) is 8.35. The largest absolute Gasteiger partial charge is 0.496 e.